The first-order valence-corrected chi connectivity index (χ1v) is 11.2. The van der Waals surface area contributed by atoms with Gasteiger partial charge in [-0.15, -0.1) is 0 Å². The van der Waals surface area contributed by atoms with Gasteiger partial charge in [0.2, 0.25) is 0 Å². The van der Waals surface area contributed by atoms with Crippen molar-refractivity contribution in [1.29, 1.82) is 0 Å². The monoisotopic (exact) mass is 420 g/mol. The minimum absolute atomic E-state index is 0.132. The van der Waals surface area contributed by atoms with Gasteiger partial charge in [-0.3, -0.25) is 4.79 Å². The number of aromatic nitrogens is 1. The molecule has 30 heavy (non-hydrogen) atoms. The smallest absolute Gasteiger partial charge is 0.254 e. The van der Waals surface area contributed by atoms with Crippen molar-refractivity contribution in [2.24, 2.45) is 0 Å². The zero-order chi connectivity index (χ0) is 20.9. The van der Waals surface area contributed by atoms with Crippen LogP contribution in [-0.4, -0.2) is 21.4 Å². The Morgan fingerprint density at radius 3 is 2.47 bits per heavy atom. The Morgan fingerprint density at radius 1 is 1.00 bits per heavy atom. The molecule has 3 nitrogen and oxygen atoms in total. The van der Waals surface area contributed by atoms with Gasteiger partial charge in [0.25, 0.3) is 5.91 Å². The van der Waals surface area contributed by atoms with Crippen LogP contribution in [0.2, 0.25) is 5.02 Å². The van der Waals surface area contributed by atoms with Gasteiger partial charge in [0.05, 0.1) is 6.54 Å². The minimum atomic E-state index is 0.132. The number of hydrogen-bond acceptors (Lipinski definition) is 1. The maximum atomic E-state index is 13.5. The van der Waals surface area contributed by atoms with E-state index in [2.05, 4.69) is 40.8 Å². The van der Waals surface area contributed by atoms with Gasteiger partial charge in [-0.2, -0.15) is 0 Å². The minimum Gasteiger partial charge on any atom is -0.345 e. The molecule has 1 heterocycles. The normalized spacial score (nSPS) is 14.6. The molecule has 4 rings (SSSR count). The fraction of sp³-hybridized carbons (Fsp3) is 0.346. The fourth-order valence-corrected chi connectivity index (χ4v) is 4.55. The van der Waals surface area contributed by atoms with E-state index in [1.54, 1.807) is 0 Å². The maximum Gasteiger partial charge on any atom is 0.254 e. The number of hydrogen-bond donors (Lipinski definition) is 0. The molecule has 1 aliphatic carbocycles. The van der Waals surface area contributed by atoms with Gasteiger partial charge < -0.3 is 9.47 Å². The second-order valence-electron chi connectivity index (χ2n) is 8.31. The maximum absolute atomic E-state index is 13.5. The van der Waals surface area contributed by atoms with Crippen LogP contribution >= 0.6 is 11.6 Å². The Hall–Kier alpha value is -2.52. The summed E-state index contributed by atoms with van der Waals surface area (Å²) in [5, 5.41) is 0.775. The highest BCUT2D eigenvalue weighted by molar-refractivity contribution is 6.31. The van der Waals surface area contributed by atoms with Crippen LogP contribution < -0.4 is 0 Å². The van der Waals surface area contributed by atoms with Crippen molar-refractivity contribution in [3.05, 3.63) is 94.3 Å². The molecule has 0 bridgehead atoms. The molecule has 0 atom stereocenters. The molecule has 0 spiro atoms. The molecule has 0 N–H and O–H groups in total. The van der Waals surface area contributed by atoms with E-state index in [4.69, 9.17) is 11.6 Å². The van der Waals surface area contributed by atoms with Gasteiger partial charge in [-0.1, -0.05) is 66.8 Å². The molecule has 2 aromatic carbocycles. The van der Waals surface area contributed by atoms with Crippen molar-refractivity contribution in [3.63, 3.8) is 0 Å². The molecule has 0 saturated heterocycles. The van der Waals surface area contributed by atoms with Gasteiger partial charge in [0, 0.05) is 35.1 Å². The molecular weight excluding hydrogens is 392 g/mol. The lowest BCUT2D eigenvalue weighted by Crippen LogP contribution is -2.41. The van der Waals surface area contributed by atoms with Crippen molar-refractivity contribution in [1.82, 2.24) is 9.47 Å². The van der Waals surface area contributed by atoms with Crippen LogP contribution in [0.4, 0.5) is 0 Å². The first-order chi connectivity index (χ1) is 14.6. The SMILES string of the molecule is Cc1ccc(C(=O)N(Cc2cccn2Cc2ccccc2Cl)C2CCCCC2)cc1. The molecule has 1 amide bonds. The quantitative estimate of drug-likeness (QED) is 0.448. The number of rotatable bonds is 6. The van der Waals surface area contributed by atoms with E-state index in [0.717, 1.165) is 34.7 Å². The van der Waals surface area contributed by atoms with Crippen molar-refractivity contribution in [2.75, 3.05) is 0 Å². The highest BCUT2D eigenvalue weighted by Gasteiger charge is 2.27. The number of carbonyl (C=O) groups is 1. The third-order valence-corrected chi connectivity index (χ3v) is 6.50. The van der Waals surface area contributed by atoms with Crippen LogP contribution in [0.3, 0.4) is 0 Å². The summed E-state index contributed by atoms with van der Waals surface area (Å²) in [6.07, 6.45) is 7.91. The Morgan fingerprint density at radius 2 is 1.73 bits per heavy atom. The summed E-state index contributed by atoms with van der Waals surface area (Å²) >= 11 is 6.39. The van der Waals surface area contributed by atoms with Crippen LogP contribution in [0.15, 0.2) is 66.9 Å². The van der Waals surface area contributed by atoms with Crippen molar-refractivity contribution >= 4 is 17.5 Å². The summed E-state index contributed by atoms with van der Waals surface area (Å²) in [6.45, 7) is 3.38. The molecule has 4 heteroatoms. The summed E-state index contributed by atoms with van der Waals surface area (Å²) in [5.41, 5.74) is 4.17. The van der Waals surface area contributed by atoms with E-state index in [9.17, 15) is 4.79 Å². The molecule has 1 aliphatic rings. The lowest BCUT2D eigenvalue weighted by atomic mass is 9.93. The molecule has 0 radical (unpaired) electrons. The van der Waals surface area contributed by atoms with Crippen molar-refractivity contribution < 1.29 is 4.79 Å². The average molecular weight is 421 g/mol. The number of amides is 1. The molecule has 0 aliphatic heterocycles. The van der Waals surface area contributed by atoms with E-state index in [-0.39, 0.29) is 5.91 Å². The number of nitrogens with zero attached hydrogens (tertiary/aromatic N) is 2. The Balaban J connectivity index is 1.59. The summed E-state index contributed by atoms with van der Waals surface area (Å²) in [7, 11) is 0. The van der Waals surface area contributed by atoms with Crippen LogP contribution in [0.1, 0.15) is 59.3 Å². The van der Waals surface area contributed by atoms with E-state index in [1.165, 1.54) is 24.8 Å². The largest absolute Gasteiger partial charge is 0.345 e. The predicted octanol–water partition coefficient (Wildman–Crippen LogP) is 6.47. The predicted molar refractivity (Wildman–Crippen MR) is 123 cm³/mol. The van der Waals surface area contributed by atoms with Crippen LogP contribution in [-0.2, 0) is 13.1 Å². The summed E-state index contributed by atoms with van der Waals surface area (Å²) in [6, 6.07) is 20.4. The third-order valence-electron chi connectivity index (χ3n) is 6.13. The Kier molecular flexibility index (Phi) is 6.59. The Labute approximate surface area is 184 Å². The summed E-state index contributed by atoms with van der Waals surface area (Å²) in [4.78, 5) is 15.6. The average Bonchev–Trinajstić information content (AvgIpc) is 3.21. The van der Waals surface area contributed by atoms with Crippen LogP contribution in [0.25, 0.3) is 0 Å². The number of halogens is 1. The molecule has 0 unspecified atom stereocenters. The second-order valence-corrected chi connectivity index (χ2v) is 8.72. The molecule has 3 aromatic rings. The topological polar surface area (TPSA) is 25.2 Å². The van der Waals surface area contributed by atoms with E-state index in [1.807, 2.05) is 42.5 Å². The first kappa shape index (κ1) is 20.7. The lowest BCUT2D eigenvalue weighted by Gasteiger charge is -2.35. The summed E-state index contributed by atoms with van der Waals surface area (Å²) in [5.74, 6) is 0.132. The van der Waals surface area contributed by atoms with Gasteiger partial charge in [0.15, 0.2) is 0 Å². The zero-order valence-corrected chi connectivity index (χ0v) is 18.3. The van der Waals surface area contributed by atoms with E-state index in [0.29, 0.717) is 19.1 Å². The van der Waals surface area contributed by atoms with E-state index >= 15 is 0 Å². The standard InChI is InChI=1S/C26H29ClN2O/c1-20-13-15-21(16-14-20)26(30)29(23-9-3-2-4-10-23)19-24-11-7-17-28(24)18-22-8-5-6-12-25(22)27/h5-8,11-17,23H,2-4,9-10,18-19H2,1H3. The molecule has 1 saturated carbocycles. The van der Waals surface area contributed by atoms with Crippen LogP contribution in [0, 0.1) is 6.92 Å². The number of benzene rings is 2. The second kappa shape index (κ2) is 9.53. The highest BCUT2D eigenvalue weighted by atomic mass is 35.5. The number of carbonyl (C=O) groups excluding carboxylic acids is 1. The van der Waals surface area contributed by atoms with Crippen molar-refractivity contribution in [2.45, 2.75) is 58.2 Å². The lowest BCUT2D eigenvalue weighted by molar-refractivity contribution is 0.0608. The van der Waals surface area contributed by atoms with Gasteiger partial charge >= 0.3 is 0 Å². The number of aryl methyl sites for hydroxylation is 1. The zero-order valence-electron chi connectivity index (χ0n) is 17.6. The van der Waals surface area contributed by atoms with Gasteiger partial charge in [0.1, 0.15) is 0 Å². The molecule has 156 valence electrons. The molecular formula is C26H29ClN2O. The Bertz CT molecular complexity index is 986. The van der Waals surface area contributed by atoms with E-state index < -0.39 is 0 Å². The summed E-state index contributed by atoms with van der Waals surface area (Å²) < 4.78 is 2.21. The third kappa shape index (κ3) is 4.79. The highest BCUT2D eigenvalue weighted by Crippen LogP contribution is 2.26. The van der Waals surface area contributed by atoms with Crippen LogP contribution in [0.5, 0.6) is 0 Å². The van der Waals surface area contributed by atoms with Crippen molar-refractivity contribution in [3.8, 4) is 0 Å². The molecule has 1 fully saturated rings. The van der Waals surface area contributed by atoms with Gasteiger partial charge in [-0.25, -0.2) is 0 Å². The molecule has 1 aromatic heterocycles. The fourth-order valence-electron chi connectivity index (χ4n) is 4.35. The first-order valence-electron chi connectivity index (χ1n) is 10.9. The van der Waals surface area contributed by atoms with Gasteiger partial charge in [-0.05, 0) is 55.7 Å².